The number of hydrogen-bond donors (Lipinski definition) is 1. The normalized spacial score (nSPS) is 19.2. The molecule has 1 N–H and O–H groups in total. The van der Waals surface area contributed by atoms with Crippen LogP contribution in [0.3, 0.4) is 0 Å². The Kier molecular flexibility index (Phi) is 4.89. The molecular weight excluding hydrogens is 350 g/mol. The van der Waals surface area contributed by atoms with E-state index in [1.165, 1.54) is 38.8 Å². The summed E-state index contributed by atoms with van der Waals surface area (Å²) in [6.07, 6.45) is 5.66. The molecule has 0 saturated heterocycles. The minimum atomic E-state index is 0.655. The number of nitrogens with one attached hydrogen (secondary N) is 1. The van der Waals surface area contributed by atoms with E-state index in [4.69, 9.17) is 0 Å². The topological polar surface area (TPSA) is 12.0 Å². The molecule has 0 unspecified atom stereocenters. The molecule has 0 bridgehead atoms. The third-order valence-corrected chi connectivity index (χ3v) is 6.66. The molecule has 1 aliphatic carbocycles. The van der Waals surface area contributed by atoms with Crippen LogP contribution in [-0.4, -0.2) is 6.04 Å². The second kappa shape index (κ2) is 5.98. The number of hydrogen-bond acceptors (Lipinski definition) is 2. The summed E-state index contributed by atoms with van der Waals surface area (Å²) < 4.78 is 2.36. The van der Waals surface area contributed by atoms with Gasteiger partial charge in [-0.15, -0.1) is 11.3 Å². The summed E-state index contributed by atoms with van der Waals surface area (Å²) in [5.74, 6) is 0.895. The lowest BCUT2D eigenvalue weighted by Gasteiger charge is -2.19. The standard InChI is InChI=1S/C12H17Br2NS/c1-8(9-4-2-3-5-9)15-7-10-6-11(13)12(14)16-10/h6,8-9,15H,2-5,7H2,1H3/t8-/m0/s1. The van der Waals surface area contributed by atoms with Gasteiger partial charge in [-0.3, -0.25) is 0 Å². The number of halogens is 2. The van der Waals surface area contributed by atoms with E-state index in [0.29, 0.717) is 6.04 Å². The highest BCUT2D eigenvalue weighted by atomic mass is 79.9. The first-order valence-corrected chi connectivity index (χ1v) is 8.24. The molecule has 1 aliphatic rings. The minimum Gasteiger partial charge on any atom is -0.309 e. The molecule has 1 fully saturated rings. The van der Waals surface area contributed by atoms with E-state index in [-0.39, 0.29) is 0 Å². The third-order valence-electron chi connectivity index (χ3n) is 3.40. The maximum absolute atomic E-state index is 3.65. The van der Waals surface area contributed by atoms with Crippen LogP contribution in [-0.2, 0) is 6.54 Å². The molecule has 0 amide bonds. The van der Waals surface area contributed by atoms with Crippen molar-refractivity contribution in [2.75, 3.05) is 0 Å². The highest BCUT2D eigenvalue weighted by molar-refractivity contribution is 9.13. The molecule has 16 heavy (non-hydrogen) atoms. The van der Waals surface area contributed by atoms with Gasteiger partial charge in [-0.25, -0.2) is 0 Å². The Morgan fingerprint density at radius 3 is 2.69 bits per heavy atom. The Balaban J connectivity index is 1.82. The van der Waals surface area contributed by atoms with Crippen LogP contribution in [0.1, 0.15) is 37.5 Å². The number of rotatable bonds is 4. The summed E-state index contributed by atoms with van der Waals surface area (Å²) in [4.78, 5) is 1.39. The van der Waals surface area contributed by atoms with Crippen LogP contribution >= 0.6 is 43.2 Å². The minimum absolute atomic E-state index is 0.655. The summed E-state index contributed by atoms with van der Waals surface area (Å²) in [5.41, 5.74) is 0. The number of thiophene rings is 1. The van der Waals surface area contributed by atoms with Gasteiger partial charge in [0, 0.05) is 21.9 Å². The summed E-state index contributed by atoms with van der Waals surface area (Å²) in [5, 5.41) is 3.65. The van der Waals surface area contributed by atoms with Crippen LogP contribution in [0.25, 0.3) is 0 Å². The highest BCUT2D eigenvalue weighted by Crippen LogP contribution is 2.33. The zero-order valence-corrected chi connectivity index (χ0v) is 13.4. The molecule has 1 atom stereocenters. The Morgan fingerprint density at radius 1 is 1.44 bits per heavy atom. The Labute approximate surface area is 118 Å². The molecule has 0 aromatic carbocycles. The molecule has 2 rings (SSSR count). The van der Waals surface area contributed by atoms with E-state index in [0.717, 1.165) is 12.5 Å². The fourth-order valence-electron chi connectivity index (χ4n) is 2.36. The zero-order valence-electron chi connectivity index (χ0n) is 9.43. The lowest BCUT2D eigenvalue weighted by molar-refractivity contribution is 0.381. The van der Waals surface area contributed by atoms with Gasteiger partial charge in [0.05, 0.1) is 3.79 Å². The molecule has 0 spiro atoms. The summed E-state index contributed by atoms with van der Waals surface area (Å²) in [7, 11) is 0. The predicted molar refractivity (Wildman–Crippen MR) is 78.0 cm³/mol. The Bertz CT molecular complexity index is 325. The van der Waals surface area contributed by atoms with Crippen molar-refractivity contribution >= 4 is 43.2 Å². The van der Waals surface area contributed by atoms with E-state index >= 15 is 0 Å². The molecule has 1 nitrogen and oxygen atoms in total. The largest absolute Gasteiger partial charge is 0.309 e. The van der Waals surface area contributed by atoms with E-state index in [1.54, 1.807) is 11.3 Å². The lowest BCUT2D eigenvalue weighted by atomic mass is 10.00. The average molecular weight is 367 g/mol. The van der Waals surface area contributed by atoms with E-state index in [1.807, 2.05) is 0 Å². The van der Waals surface area contributed by atoms with Gasteiger partial charge >= 0.3 is 0 Å². The van der Waals surface area contributed by atoms with Crippen LogP contribution in [0.4, 0.5) is 0 Å². The SMILES string of the molecule is C[C@H](NCc1cc(Br)c(Br)s1)C1CCCC1. The smallest absolute Gasteiger partial charge is 0.0843 e. The van der Waals surface area contributed by atoms with Gasteiger partial charge in [-0.05, 0) is 63.6 Å². The maximum atomic E-state index is 3.65. The lowest BCUT2D eigenvalue weighted by Crippen LogP contribution is -2.31. The zero-order chi connectivity index (χ0) is 11.5. The Hall–Kier alpha value is 0.620. The molecule has 1 saturated carbocycles. The first kappa shape index (κ1) is 13.1. The predicted octanol–water partition coefficient (Wildman–Crippen LogP) is 4.94. The molecule has 1 aromatic heterocycles. The monoisotopic (exact) mass is 365 g/mol. The Morgan fingerprint density at radius 2 is 2.12 bits per heavy atom. The molecule has 1 heterocycles. The first-order valence-electron chi connectivity index (χ1n) is 5.84. The van der Waals surface area contributed by atoms with Crippen molar-refractivity contribution in [1.82, 2.24) is 5.32 Å². The van der Waals surface area contributed by atoms with E-state index < -0.39 is 0 Å². The van der Waals surface area contributed by atoms with Gasteiger partial charge in [-0.2, -0.15) is 0 Å². The first-order chi connectivity index (χ1) is 7.66. The van der Waals surface area contributed by atoms with Crippen molar-refractivity contribution in [3.63, 3.8) is 0 Å². The average Bonchev–Trinajstić information content (AvgIpc) is 2.86. The molecular formula is C12H17Br2NS. The van der Waals surface area contributed by atoms with Crippen molar-refractivity contribution < 1.29 is 0 Å². The van der Waals surface area contributed by atoms with Crippen LogP contribution in [0.5, 0.6) is 0 Å². The van der Waals surface area contributed by atoms with E-state index in [2.05, 4.69) is 50.2 Å². The van der Waals surface area contributed by atoms with Crippen molar-refractivity contribution in [3.05, 3.63) is 19.2 Å². The summed E-state index contributed by atoms with van der Waals surface area (Å²) in [6, 6.07) is 2.85. The fourth-order valence-corrected chi connectivity index (χ4v) is 4.49. The second-order valence-electron chi connectivity index (χ2n) is 4.55. The van der Waals surface area contributed by atoms with Gasteiger partial charge in [-0.1, -0.05) is 12.8 Å². The van der Waals surface area contributed by atoms with Gasteiger partial charge in [0.15, 0.2) is 0 Å². The second-order valence-corrected chi connectivity index (χ2v) is 7.86. The van der Waals surface area contributed by atoms with Gasteiger partial charge in [0.1, 0.15) is 0 Å². The highest BCUT2D eigenvalue weighted by Gasteiger charge is 2.21. The van der Waals surface area contributed by atoms with Crippen molar-refractivity contribution in [3.8, 4) is 0 Å². The fraction of sp³-hybridized carbons (Fsp3) is 0.667. The maximum Gasteiger partial charge on any atom is 0.0843 e. The molecule has 0 radical (unpaired) electrons. The summed E-state index contributed by atoms with van der Waals surface area (Å²) in [6.45, 7) is 3.32. The van der Waals surface area contributed by atoms with Crippen LogP contribution in [0, 0.1) is 5.92 Å². The van der Waals surface area contributed by atoms with Gasteiger partial charge < -0.3 is 5.32 Å². The molecule has 0 aliphatic heterocycles. The van der Waals surface area contributed by atoms with Crippen LogP contribution in [0.15, 0.2) is 14.3 Å². The van der Waals surface area contributed by atoms with Crippen molar-refractivity contribution in [1.29, 1.82) is 0 Å². The van der Waals surface area contributed by atoms with E-state index in [9.17, 15) is 0 Å². The van der Waals surface area contributed by atoms with Gasteiger partial charge in [0.25, 0.3) is 0 Å². The third kappa shape index (κ3) is 3.31. The van der Waals surface area contributed by atoms with Gasteiger partial charge in [0.2, 0.25) is 0 Å². The molecule has 4 heteroatoms. The van der Waals surface area contributed by atoms with Crippen molar-refractivity contribution in [2.45, 2.75) is 45.2 Å². The molecule has 1 aromatic rings. The van der Waals surface area contributed by atoms with Crippen LogP contribution < -0.4 is 5.32 Å². The van der Waals surface area contributed by atoms with Crippen molar-refractivity contribution in [2.24, 2.45) is 5.92 Å². The van der Waals surface area contributed by atoms with Crippen LogP contribution in [0.2, 0.25) is 0 Å². The molecule has 90 valence electrons. The quantitative estimate of drug-likeness (QED) is 0.795. The summed E-state index contributed by atoms with van der Waals surface area (Å²) >= 11 is 8.86.